The van der Waals surface area contributed by atoms with Crippen molar-refractivity contribution in [1.29, 1.82) is 0 Å². The van der Waals surface area contributed by atoms with E-state index in [4.69, 9.17) is 0 Å². The summed E-state index contributed by atoms with van der Waals surface area (Å²) >= 11 is 0. The lowest BCUT2D eigenvalue weighted by molar-refractivity contribution is -0.143. The molecule has 0 unspecified atom stereocenters. The molecule has 0 aliphatic heterocycles. The summed E-state index contributed by atoms with van der Waals surface area (Å²) in [5.74, 6) is 0.305. The summed E-state index contributed by atoms with van der Waals surface area (Å²) in [4.78, 5) is 23.4. The molecule has 12 heteroatoms. The second-order valence-corrected chi connectivity index (χ2v) is 8.94. The number of carbonyl (C=O) groups is 1. The molecule has 35 heavy (non-hydrogen) atoms. The Balaban J connectivity index is 1.65. The van der Waals surface area contributed by atoms with Crippen molar-refractivity contribution in [2.45, 2.75) is 64.0 Å². The normalized spacial score (nSPS) is 18.8. The predicted molar refractivity (Wildman–Crippen MR) is 119 cm³/mol. The highest BCUT2D eigenvalue weighted by molar-refractivity contribution is 5.94. The van der Waals surface area contributed by atoms with E-state index in [1.165, 1.54) is 0 Å². The van der Waals surface area contributed by atoms with Gasteiger partial charge < -0.3 is 15.5 Å². The monoisotopic (exact) mass is 503 g/mol. The SMILES string of the molecule is Cc1nc(N[C@H]2CC[C@@H](NC(=O)c3cc(C(F)(F)F)cc(C(F)(F)F)c3)CC2)nc(N(C)C)c1C. The molecule has 6 nitrogen and oxygen atoms in total. The van der Waals surface area contributed by atoms with Crippen LogP contribution in [0.25, 0.3) is 0 Å². The fourth-order valence-corrected chi connectivity index (χ4v) is 4.03. The average molecular weight is 503 g/mol. The zero-order valence-electron chi connectivity index (χ0n) is 19.7. The van der Waals surface area contributed by atoms with Crippen molar-refractivity contribution < 1.29 is 31.1 Å². The van der Waals surface area contributed by atoms with Crippen molar-refractivity contribution in [3.63, 3.8) is 0 Å². The maximum absolute atomic E-state index is 13.1. The summed E-state index contributed by atoms with van der Waals surface area (Å²) in [6, 6.07) is 0.534. The second-order valence-electron chi connectivity index (χ2n) is 8.94. The standard InChI is InChI=1S/C23H27F6N5O/c1-12-13(2)30-21(33-19(12)34(3)4)32-18-7-5-17(6-8-18)31-20(35)14-9-15(22(24,25)26)11-16(10-14)23(27,28)29/h9-11,17-18H,5-8H2,1-4H3,(H,31,35)(H,30,32,33)/t17-,18+. The first-order valence-corrected chi connectivity index (χ1v) is 11.0. The van der Waals surface area contributed by atoms with Gasteiger partial charge in [-0.1, -0.05) is 0 Å². The number of rotatable bonds is 5. The molecule has 1 saturated carbocycles. The van der Waals surface area contributed by atoms with E-state index in [-0.39, 0.29) is 18.2 Å². The Bertz CT molecular complexity index is 1040. The Hall–Kier alpha value is -3.05. The molecule has 1 aromatic heterocycles. The first-order chi connectivity index (χ1) is 16.1. The highest BCUT2D eigenvalue weighted by atomic mass is 19.4. The molecule has 0 saturated heterocycles. The van der Waals surface area contributed by atoms with Gasteiger partial charge in [0.15, 0.2) is 0 Å². The van der Waals surface area contributed by atoms with Gasteiger partial charge in [-0.2, -0.15) is 31.3 Å². The van der Waals surface area contributed by atoms with E-state index in [9.17, 15) is 31.1 Å². The van der Waals surface area contributed by atoms with Crippen molar-refractivity contribution in [2.75, 3.05) is 24.3 Å². The number of aromatic nitrogens is 2. The van der Waals surface area contributed by atoms with E-state index in [1.807, 2.05) is 32.8 Å². The third kappa shape index (κ3) is 6.55. The van der Waals surface area contributed by atoms with Crippen molar-refractivity contribution in [3.05, 3.63) is 46.1 Å². The Morgan fingerprint density at radius 3 is 1.89 bits per heavy atom. The lowest BCUT2D eigenvalue weighted by atomic mass is 9.91. The van der Waals surface area contributed by atoms with Crippen LogP contribution in [0.1, 0.15) is 58.4 Å². The number of benzene rings is 1. The van der Waals surface area contributed by atoms with Crippen molar-refractivity contribution >= 4 is 17.7 Å². The van der Waals surface area contributed by atoms with Gasteiger partial charge in [-0.15, -0.1) is 0 Å². The smallest absolute Gasteiger partial charge is 0.362 e. The molecular formula is C23H27F6N5O. The van der Waals surface area contributed by atoms with Crippen LogP contribution in [0.15, 0.2) is 18.2 Å². The molecule has 192 valence electrons. The van der Waals surface area contributed by atoms with Crippen molar-refractivity contribution in [2.24, 2.45) is 0 Å². The molecule has 0 spiro atoms. The Morgan fingerprint density at radius 1 is 0.886 bits per heavy atom. The van der Waals surface area contributed by atoms with E-state index >= 15 is 0 Å². The van der Waals surface area contributed by atoms with E-state index in [0.29, 0.717) is 43.8 Å². The predicted octanol–water partition coefficient (Wildman–Crippen LogP) is 5.35. The number of alkyl halides is 6. The molecule has 1 heterocycles. The molecule has 0 radical (unpaired) electrons. The first kappa shape index (κ1) is 26.6. The maximum Gasteiger partial charge on any atom is 0.416 e. The van der Waals surface area contributed by atoms with Crippen LogP contribution in [-0.4, -0.2) is 42.1 Å². The topological polar surface area (TPSA) is 70.1 Å². The highest BCUT2D eigenvalue weighted by Crippen LogP contribution is 2.36. The second kappa shape index (κ2) is 9.90. The van der Waals surface area contributed by atoms with Crippen LogP contribution < -0.4 is 15.5 Å². The lowest BCUT2D eigenvalue weighted by Crippen LogP contribution is -2.40. The molecule has 3 rings (SSSR count). The number of hydrogen-bond donors (Lipinski definition) is 2. The maximum atomic E-state index is 13.1. The van der Waals surface area contributed by atoms with Gasteiger partial charge in [0.1, 0.15) is 5.82 Å². The summed E-state index contributed by atoms with van der Waals surface area (Å²) < 4.78 is 78.5. The summed E-state index contributed by atoms with van der Waals surface area (Å²) in [5, 5.41) is 5.86. The number of anilines is 2. The summed E-state index contributed by atoms with van der Waals surface area (Å²) in [6.07, 6.45) is -7.78. The van der Waals surface area contributed by atoms with Gasteiger partial charge in [0.25, 0.3) is 5.91 Å². The minimum atomic E-state index is -5.01. The molecule has 1 aromatic carbocycles. The fourth-order valence-electron chi connectivity index (χ4n) is 4.03. The number of nitrogens with one attached hydrogen (secondary N) is 2. The summed E-state index contributed by atoms with van der Waals surface area (Å²) in [7, 11) is 3.77. The van der Waals surface area contributed by atoms with Gasteiger partial charge in [0, 0.05) is 43.0 Å². The molecule has 1 aliphatic rings. The van der Waals surface area contributed by atoms with E-state index in [1.54, 1.807) is 0 Å². The minimum Gasteiger partial charge on any atom is -0.362 e. The Kier molecular flexibility index (Phi) is 7.51. The quantitative estimate of drug-likeness (QED) is 0.539. The summed E-state index contributed by atoms with van der Waals surface area (Å²) in [5.41, 5.74) is -1.90. The number of carbonyl (C=O) groups excluding carboxylic acids is 1. The highest BCUT2D eigenvalue weighted by Gasteiger charge is 2.37. The summed E-state index contributed by atoms with van der Waals surface area (Å²) in [6.45, 7) is 3.82. The van der Waals surface area contributed by atoms with E-state index in [0.717, 1.165) is 17.1 Å². The van der Waals surface area contributed by atoms with Crippen molar-refractivity contribution in [3.8, 4) is 0 Å². The van der Waals surface area contributed by atoms with Crippen molar-refractivity contribution in [1.82, 2.24) is 15.3 Å². The zero-order chi connectivity index (χ0) is 26.1. The van der Waals surface area contributed by atoms with Gasteiger partial charge in [-0.05, 0) is 57.7 Å². The van der Waals surface area contributed by atoms with Gasteiger partial charge in [-0.3, -0.25) is 4.79 Å². The molecule has 2 N–H and O–H groups in total. The Morgan fingerprint density at radius 2 is 1.40 bits per heavy atom. The molecule has 1 amide bonds. The molecular weight excluding hydrogens is 476 g/mol. The number of amides is 1. The largest absolute Gasteiger partial charge is 0.416 e. The first-order valence-electron chi connectivity index (χ1n) is 11.0. The van der Waals surface area contributed by atoms with Crippen LogP contribution in [0.4, 0.5) is 38.1 Å². The molecule has 1 aliphatic carbocycles. The van der Waals surface area contributed by atoms with Crippen LogP contribution in [0, 0.1) is 13.8 Å². The number of nitrogens with zero attached hydrogens (tertiary/aromatic N) is 3. The molecule has 0 atom stereocenters. The fraction of sp³-hybridized carbons (Fsp3) is 0.522. The zero-order valence-corrected chi connectivity index (χ0v) is 19.7. The van der Waals surface area contributed by atoms with E-state index < -0.39 is 35.0 Å². The number of halogens is 6. The Labute approximate surface area is 199 Å². The molecule has 2 aromatic rings. The van der Waals surface area contributed by atoms with Crippen LogP contribution in [0.2, 0.25) is 0 Å². The third-order valence-corrected chi connectivity index (χ3v) is 6.03. The van der Waals surface area contributed by atoms with Crippen LogP contribution in [-0.2, 0) is 12.4 Å². The van der Waals surface area contributed by atoms with Gasteiger partial charge in [-0.25, -0.2) is 4.98 Å². The van der Waals surface area contributed by atoms with Gasteiger partial charge in [0.05, 0.1) is 11.1 Å². The van der Waals surface area contributed by atoms with Crippen LogP contribution in [0.5, 0.6) is 0 Å². The van der Waals surface area contributed by atoms with Crippen LogP contribution in [0.3, 0.4) is 0 Å². The van der Waals surface area contributed by atoms with E-state index in [2.05, 4.69) is 20.6 Å². The number of hydrogen-bond acceptors (Lipinski definition) is 5. The van der Waals surface area contributed by atoms with Gasteiger partial charge >= 0.3 is 12.4 Å². The lowest BCUT2D eigenvalue weighted by Gasteiger charge is -2.30. The molecule has 0 bridgehead atoms. The third-order valence-electron chi connectivity index (χ3n) is 6.03. The average Bonchev–Trinajstić information content (AvgIpc) is 2.75. The number of aryl methyl sites for hydroxylation is 1. The minimum absolute atomic E-state index is 0.00420. The van der Waals surface area contributed by atoms with Gasteiger partial charge in [0.2, 0.25) is 5.95 Å². The van der Waals surface area contributed by atoms with Crippen LogP contribution >= 0.6 is 0 Å². The molecule has 1 fully saturated rings.